The van der Waals surface area contributed by atoms with Crippen LogP contribution < -0.4 is 0 Å². The molecule has 0 radical (unpaired) electrons. The predicted octanol–water partition coefficient (Wildman–Crippen LogP) is 2.42. The highest BCUT2D eigenvalue weighted by Gasteiger charge is 2.21. The van der Waals surface area contributed by atoms with Crippen molar-refractivity contribution in [2.75, 3.05) is 6.61 Å². The maximum atomic E-state index is 9.77. The lowest BCUT2D eigenvalue weighted by atomic mass is 10.0. The van der Waals surface area contributed by atoms with Crippen LogP contribution in [-0.2, 0) is 0 Å². The monoisotopic (exact) mass is 284 g/mol. The fraction of sp³-hybridized carbons (Fsp3) is 0.400. The first-order valence-electron chi connectivity index (χ1n) is 4.58. The van der Waals surface area contributed by atoms with E-state index in [2.05, 4.69) is 0 Å². The molecule has 3 nitrogen and oxygen atoms in total. The highest BCUT2D eigenvalue weighted by atomic mass is 35.5. The number of aliphatic hydroxyl groups excluding tert-OH is 3. The highest BCUT2D eigenvalue weighted by Crippen LogP contribution is 2.33. The number of hydrogen-bond acceptors (Lipinski definition) is 3. The van der Waals surface area contributed by atoms with Gasteiger partial charge >= 0.3 is 0 Å². The van der Waals surface area contributed by atoms with Crippen LogP contribution in [0.4, 0.5) is 0 Å². The Balaban J connectivity index is 2.99. The van der Waals surface area contributed by atoms with Crippen LogP contribution in [0.3, 0.4) is 0 Å². The largest absolute Gasteiger partial charge is 0.396 e. The third kappa shape index (κ3) is 3.23. The van der Waals surface area contributed by atoms with Gasteiger partial charge < -0.3 is 15.3 Å². The molecule has 0 aromatic heterocycles. The SMILES string of the molecule is OCCC(O)C(O)c1cc(Cl)c(Cl)cc1Cl. The Bertz CT molecular complexity index is 371. The molecular weight excluding hydrogens is 274 g/mol. The van der Waals surface area contributed by atoms with Crippen molar-refractivity contribution in [2.24, 2.45) is 0 Å². The van der Waals surface area contributed by atoms with E-state index in [1.54, 1.807) is 0 Å². The van der Waals surface area contributed by atoms with Crippen LogP contribution in [0.2, 0.25) is 15.1 Å². The van der Waals surface area contributed by atoms with E-state index in [4.69, 9.17) is 39.9 Å². The molecule has 16 heavy (non-hydrogen) atoms. The predicted molar refractivity (Wildman–Crippen MR) is 64.1 cm³/mol. The van der Waals surface area contributed by atoms with Crippen molar-refractivity contribution < 1.29 is 15.3 Å². The maximum Gasteiger partial charge on any atom is 0.106 e. The van der Waals surface area contributed by atoms with Gasteiger partial charge in [-0.15, -0.1) is 0 Å². The van der Waals surface area contributed by atoms with Gasteiger partial charge in [-0.1, -0.05) is 34.8 Å². The van der Waals surface area contributed by atoms with Crippen LogP contribution in [0.25, 0.3) is 0 Å². The van der Waals surface area contributed by atoms with Gasteiger partial charge in [0, 0.05) is 17.2 Å². The summed E-state index contributed by atoms with van der Waals surface area (Å²) in [7, 11) is 0. The molecule has 0 amide bonds. The molecule has 0 saturated heterocycles. The molecule has 1 aromatic carbocycles. The molecule has 0 aliphatic carbocycles. The average molecular weight is 286 g/mol. The molecule has 1 aromatic rings. The molecule has 0 spiro atoms. The van der Waals surface area contributed by atoms with Crippen molar-refractivity contribution in [1.29, 1.82) is 0 Å². The first-order chi connectivity index (χ1) is 7.47. The molecule has 0 aliphatic heterocycles. The zero-order valence-electron chi connectivity index (χ0n) is 8.20. The third-order valence-electron chi connectivity index (χ3n) is 2.15. The Morgan fingerprint density at radius 3 is 2.12 bits per heavy atom. The van der Waals surface area contributed by atoms with Crippen LogP contribution in [0.1, 0.15) is 18.1 Å². The third-order valence-corrected chi connectivity index (χ3v) is 3.20. The number of halogens is 3. The second-order valence-corrected chi connectivity index (χ2v) is 4.53. The van der Waals surface area contributed by atoms with Gasteiger partial charge in [0.2, 0.25) is 0 Å². The summed E-state index contributed by atoms with van der Waals surface area (Å²) in [6.45, 7) is -0.225. The lowest BCUT2D eigenvalue weighted by molar-refractivity contribution is 0.00427. The first kappa shape index (κ1) is 14.0. The Kier molecular flexibility index (Phi) is 5.31. The van der Waals surface area contributed by atoms with E-state index < -0.39 is 12.2 Å². The highest BCUT2D eigenvalue weighted by molar-refractivity contribution is 6.43. The van der Waals surface area contributed by atoms with E-state index >= 15 is 0 Å². The Labute approximate surface area is 108 Å². The number of hydrogen-bond donors (Lipinski definition) is 3. The number of rotatable bonds is 4. The van der Waals surface area contributed by atoms with E-state index in [0.717, 1.165) is 0 Å². The smallest absolute Gasteiger partial charge is 0.106 e. The van der Waals surface area contributed by atoms with E-state index in [1.165, 1.54) is 12.1 Å². The zero-order valence-corrected chi connectivity index (χ0v) is 10.5. The average Bonchev–Trinajstić information content (AvgIpc) is 2.23. The van der Waals surface area contributed by atoms with E-state index in [9.17, 15) is 10.2 Å². The normalized spacial score (nSPS) is 14.9. The molecule has 6 heteroatoms. The molecule has 1 rings (SSSR count). The molecule has 0 fully saturated rings. The summed E-state index contributed by atoms with van der Waals surface area (Å²) < 4.78 is 0. The molecule has 3 N–H and O–H groups in total. The summed E-state index contributed by atoms with van der Waals surface area (Å²) in [4.78, 5) is 0. The molecule has 2 atom stereocenters. The molecule has 0 saturated carbocycles. The summed E-state index contributed by atoms with van der Waals surface area (Å²) >= 11 is 17.4. The van der Waals surface area contributed by atoms with Crippen LogP contribution in [-0.4, -0.2) is 28.0 Å². The van der Waals surface area contributed by atoms with Gasteiger partial charge in [-0.2, -0.15) is 0 Å². The van der Waals surface area contributed by atoms with Crippen molar-refractivity contribution in [1.82, 2.24) is 0 Å². The summed E-state index contributed by atoms with van der Waals surface area (Å²) in [5, 5.41) is 28.7. The van der Waals surface area contributed by atoms with E-state index in [-0.39, 0.29) is 33.7 Å². The standard InChI is InChI=1S/C10H11Cl3O3/c11-6-4-8(13)7(12)3-5(6)10(16)9(15)1-2-14/h3-4,9-10,14-16H,1-2H2. The molecule has 90 valence electrons. The number of aliphatic hydroxyl groups is 3. The van der Waals surface area contributed by atoms with Gasteiger partial charge in [-0.3, -0.25) is 0 Å². The van der Waals surface area contributed by atoms with Gasteiger partial charge in [-0.05, 0) is 18.6 Å². The summed E-state index contributed by atoms with van der Waals surface area (Å²) in [5.41, 5.74) is 0.289. The van der Waals surface area contributed by atoms with E-state index in [0.29, 0.717) is 0 Å². The first-order valence-corrected chi connectivity index (χ1v) is 5.72. The zero-order chi connectivity index (χ0) is 12.3. The quantitative estimate of drug-likeness (QED) is 0.745. The van der Waals surface area contributed by atoms with Crippen LogP contribution in [0.5, 0.6) is 0 Å². The summed E-state index contributed by atoms with van der Waals surface area (Å²) in [6, 6.07) is 2.80. The fourth-order valence-electron chi connectivity index (χ4n) is 1.26. The minimum atomic E-state index is -1.20. The maximum absolute atomic E-state index is 9.77. The van der Waals surface area contributed by atoms with Gasteiger partial charge in [0.25, 0.3) is 0 Å². The van der Waals surface area contributed by atoms with Gasteiger partial charge in [0.05, 0.1) is 16.1 Å². The Morgan fingerprint density at radius 2 is 1.56 bits per heavy atom. The van der Waals surface area contributed by atoms with E-state index in [1.807, 2.05) is 0 Å². The van der Waals surface area contributed by atoms with Crippen molar-refractivity contribution in [3.63, 3.8) is 0 Å². The Hall–Kier alpha value is -0.0300. The minimum Gasteiger partial charge on any atom is -0.396 e. The molecule has 0 heterocycles. The van der Waals surface area contributed by atoms with Crippen LogP contribution >= 0.6 is 34.8 Å². The minimum absolute atomic E-state index is 0.0533. The molecular formula is C10H11Cl3O3. The van der Waals surface area contributed by atoms with Crippen molar-refractivity contribution in [3.8, 4) is 0 Å². The van der Waals surface area contributed by atoms with Crippen LogP contribution in [0, 0.1) is 0 Å². The van der Waals surface area contributed by atoms with Crippen molar-refractivity contribution in [2.45, 2.75) is 18.6 Å². The fourth-order valence-corrected chi connectivity index (χ4v) is 1.93. The van der Waals surface area contributed by atoms with Crippen molar-refractivity contribution >= 4 is 34.8 Å². The topological polar surface area (TPSA) is 60.7 Å². The lowest BCUT2D eigenvalue weighted by Gasteiger charge is -2.18. The van der Waals surface area contributed by atoms with Gasteiger partial charge in [0.1, 0.15) is 6.10 Å². The second-order valence-electron chi connectivity index (χ2n) is 3.31. The van der Waals surface area contributed by atoms with Gasteiger partial charge in [0.15, 0.2) is 0 Å². The van der Waals surface area contributed by atoms with Crippen molar-refractivity contribution in [3.05, 3.63) is 32.8 Å². The van der Waals surface area contributed by atoms with Gasteiger partial charge in [-0.25, -0.2) is 0 Å². The number of benzene rings is 1. The summed E-state index contributed by atoms with van der Waals surface area (Å²) in [5.74, 6) is 0. The molecule has 0 aliphatic rings. The lowest BCUT2D eigenvalue weighted by Crippen LogP contribution is -2.19. The Morgan fingerprint density at radius 1 is 1.00 bits per heavy atom. The second kappa shape index (κ2) is 6.05. The molecule has 2 unspecified atom stereocenters. The van der Waals surface area contributed by atoms with Crippen LogP contribution in [0.15, 0.2) is 12.1 Å². The summed E-state index contributed by atoms with van der Waals surface area (Å²) in [6.07, 6.45) is -2.24. The molecule has 0 bridgehead atoms.